The number of halogens is 1. The Hall–Kier alpha value is -2.32. The number of hydrogen-bond donors (Lipinski definition) is 2. The first kappa shape index (κ1) is 22.7. The van der Waals surface area contributed by atoms with Gasteiger partial charge in [-0.2, -0.15) is 0 Å². The summed E-state index contributed by atoms with van der Waals surface area (Å²) in [6.07, 6.45) is 3.87. The summed E-state index contributed by atoms with van der Waals surface area (Å²) in [7, 11) is 1.72. The van der Waals surface area contributed by atoms with E-state index in [-0.39, 0.29) is 36.3 Å². The zero-order valence-corrected chi connectivity index (χ0v) is 16.9. The van der Waals surface area contributed by atoms with Gasteiger partial charge in [-0.05, 0) is 25.3 Å². The number of aromatic nitrogens is 4. The highest BCUT2D eigenvalue weighted by molar-refractivity contribution is 5.85. The van der Waals surface area contributed by atoms with Gasteiger partial charge in [-0.1, -0.05) is 13.8 Å². The van der Waals surface area contributed by atoms with E-state index in [4.69, 9.17) is 5.73 Å². The minimum absolute atomic E-state index is 0. The second kappa shape index (κ2) is 10.1. The number of hydrogen-bond acceptors (Lipinski definition) is 6. The summed E-state index contributed by atoms with van der Waals surface area (Å²) in [5.74, 6) is 0.853. The van der Waals surface area contributed by atoms with Gasteiger partial charge < -0.3 is 15.6 Å². The highest BCUT2D eigenvalue weighted by Gasteiger charge is 2.18. The van der Waals surface area contributed by atoms with Crippen molar-refractivity contribution in [3.63, 3.8) is 0 Å². The molecule has 1 atom stereocenters. The number of aromatic amines is 1. The van der Waals surface area contributed by atoms with Crippen LogP contribution in [0.2, 0.25) is 0 Å². The molecule has 0 fully saturated rings. The van der Waals surface area contributed by atoms with Gasteiger partial charge in [0.2, 0.25) is 5.91 Å². The molecule has 0 spiro atoms. The average molecular weight is 395 g/mol. The fourth-order valence-electron chi connectivity index (χ4n) is 2.43. The number of carbonyl (C=O) groups is 1. The molecule has 0 bridgehead atoms. The number of rotatable bonds is 7. The molecule has 0 aliphatic carbocycles. The van der Waals surface area contributed by atoms with E-state index in [0.717, 1.165) is 6.42 Å². The van der Waals surface area contributed by atoms with Crippen molar-refractivity contribution in [1.82, 2.24) is 24.8 Å². The number of carbonyl (C=O) groups excluding carboxylic acids is 1. The lowest BCUT2D eigenvalue weighted by Gasteiger charge is -2.21. The van der Waals surface area contributed by atoms with Gasteiger partial charge in [0.25, 0.3) is 5.56 Å². The van der Waals surface area contributed by atoms with Crippen LogP contribution in [0.1, 0.15) is 31.5 Å². The number of nitrogens with zero attached hydrogens (tertiary/aromatic N) is 4. The largest absolute Gasteiger partial charge is 0.345 e. The quantitative estimate of drug-likeness (QED) is 0.731. The molecule has 8 nitrogen and oxygen atoms in total. The van der Waals surface area contributed by atoms with Crippen LogP contribution in [0, 0.1) is 12.8 Å². The van der Waals surface area contributed by atoms with Crippen LogP contribution in [0.15, 0.2) is 23.3 Å². The van der Waals surface area contributed by atoms with Gasteiger partial charge in [0, 0.05) is 43.3 Å². The maximum atomic E-state index is 12.4. The van der Waals surface area contributed by atoms with E-state index in [1.165, 1.54) is 0 Å². The topological polar surface area (TPSA) is 118 Å². The van der Waals surface area contributed by atoms with Crippen LogP contribution in [0.25, 0.3) is 11.6 Å². The van der Waals surface area contributed by atoms with Gasteiger partial charge in [-0.15, -0.1) is 12.4 Å². The van der Waals surface area contributed by atoms with Crippen molar-refractivity contribution in [3.8, 4) is 11.6 Å². The van der Waals surface area contributed by atoms with E-state index in [9.17, 15) is 9.59 Å². The van der Waals surface area contributed by atoms with Gasteiger partial charge >= 0.3 is 0 Å². The van der Waals surface area contributed by atoms with Crippen LogP contribution in [0.3, 0.4) is 0 Å². The molecule has 1 amide bonds. The van der Waals surface area contributed by atoms with E-state index in [2.05, 4.69) is 33.8 Å². The van der Waals surface area contributed by atoms with Crippen LogP contribution in [0.5, 0.6) is 0 Å². The Morgan fingerprint density at radius 1 is 1.30 bits per heavy atom. The Balaban J connectivity index is 0.00000364. The van der Waals surface area contributed by atoms with Crippen molar-refractivity contribution in [2.24, 2.45) is 11.7 Å². The molecule has 0 radical (unpaired) electrons. The number of likely N-dealkylation sites (N-methyl/N-ethyl adjacent to an activating group) is 1. The van der Waals surface area contributed by atoms with Gasteiger partial charge in [0.1, 0.15) is 0 Å². The minimum Gasteiger partial charge on any atom is -0.345 e. The molecule has 9 heteroatoms. The molecule has 2 aromatic heterocycles. The first-order chi connectivity index (χ1) is 12.3. The third-order valence-electron chi connectivity index (χ3n) is 4.41. The van der Waals surface area contributed by atoms with Crippen molar-refractivity contribution in [2.45, 2.75) is 39.7 Å². The van der Waals surface area contributed by atoms with Crippen LogP contribution in [-0.2, 0) is 11.2 Å². The number of aryl methyl sites for hydroxylation is 1. The fourth-order valence-corrected chi connectivity index (χ4v) is 2.43. The number of nitrogens with two attached hydrogens (primary N) is 1. The Morgan fingerprint density at radius 3 is 2.48 bits per heavy atom. The summed E-state index contributed by atoms with van der Waals surface area (Å²) in [6.45, 7) is 6.37. The number of H-pyrrole nitrogens is 1. The van der Waals surface area contributed by atoms with Gasteiger partial charge in [0.15, 0.2) is 11.6 Å². The molecule has 0 aliphatic heterocycles. The molecule has 148 valence electrons. The predicted octanol–water partition coefficient (Wildman–Crippen LogP) is 1.33. The third-order valence-corrected chi connectivity index (χ3v) is 4.41. The van der Waals surface area contributed by atoms with Crippen LogP contribution >= 0.6 is 12.4 Å². The summed E-state index contributed by atoms with van der Waals surface area (Å²) in [6, 6.07) is 1.73. The van der Waals surface area contributed by atoms with Gasteiger partial charge in [-0.25, -0.2) is 15.0 Å². The predicted molar refractivity (Wildman–Crippen MR) is 107 cm³/mol. The lowest BCUT2D eigenvalue weighted by atomic mass is 10.0. The van der Waals surface area contributed by atoms with E-state index >= 15 is 0 Å². The smallest absolute Gasteiger partial charge is 0.255 e. The number of amides is 1. The molecule has 1 unspecified atom stereocenters. The van der Waals surface area contributed by atoms with Crippen LogP contribution in [0.4, 0.5) is 0 Å². The highest BCUT2D eigenvalue weighted by atomic mass is 35.5. The molecule has 0 aliphatic rings. The summed E-state index contributed by atoms with van der Waals surface area (Å²) >= 11 is 0. The van der Waals surface area contributed by atoms with Gasteiger partial charge in [0.05, 0.1) is 6.42 Å². The Kier molecular flexibility index (Phi) is 8.52. The van der Waals surface area contributed by atoms with E-state index in [1.807, 2.05) is 0 Å². The van der Waals surface area contributed by atoms with Crippen LogP contribution < -0.4 is 11.3 Å². The average Bonchev–Trinajstić information content (AvgIpc) is 2.62. The van der Waals surface area contributed by atoms with Crippen LogP contribution in [-0.4, -0.2) is 50.4 Å². The third kappa shape index (κ3) is 6.11. The maximum absolute atomic E-state index is 12.4. The molecular formula is C18H27ClN6O2. The maximum Gasteiger partial charge on any atom is 0.255 e. The number of nitrogens with one attached hydrogen (secondary N) is 1. The first-order valence-electron chi connectivity index (χ1n) is 8.66. The first-order valence-corrected chi connectivity index (χ1v) is 8.66. The van der Waals surface area contributed by atoms with E-state index < -0.39 is 0 Å². The van der Waals surface area contributed by atoms with Crippen molar-refractivity contribution in [2.75, 3.05) is 13.6 Å². The zero-order chi connectivity index (χ0) is 19.3. The molecule has 0 saturated heterocycles. The normalized spacial score (nSPS) is 11.8. The molecule has 3 N–H and O–H groups in total. The minimum atomic E-state index is -0.347. The molecule has 27 heavy (non-hydrogen) atoms. The summed E-state index contributed by atoms with van der Waals surface area (Å²) in [4.78, 5) is 41.6. The summed E-state index contributed by atoms with van der Waals surface area (Å²) < 4.78 is 0. The summed E-state index contributed by atoms with van der Waals surface area (Å²) in [5.41, 5.74) is 6.53. The zero-order valence-electron chi connectivity index (χ0n) is 16.1. The van der Waals surface area contributed by atoms with Gasteiger partial charge in [-0.3, -0.25) is 9.59 Å². The van der Waals surface area contributed by atoms with Crippen molar-refractivity contribution in [1.29, 1.82) is 0 Å². The molecule has 2 aromatic rings. The lowest BCUT2D eigenvalue weighted by Crippen LogP contribution is -2.36. The Morgan fingerprint density at radius 2 is 1.93 bits per heavy atom. The molecule has 2 heterocycles. The Labute approximate surface area is 165 Å². The van der Waals surface area contributed by atoms with E-state index in [0.29, 0.717) is 35.4 Å². The standard InChI is InChI=1S/C18H26N6O2.ClH/c1-11(2)14(19)6-9-24(4)15(25)10-13-12(3)22-17(23-18(13)26)16-20-7-5-8-21-16;/h5,7-8,11,14H,6,9-10,19H2,1-4H3,(H,22,23,26);1H. The fraction of sp³-hybridized carbons (Fsp3) is 0.500. The molecule has 0 saturated carbocycles. The lowest BCUT2D eigenvalue weighted by molar-refractivity contribution is -0.129. The van der Waals surface area contributed by atoms with Crippen molar-refractivity contribution < 1.29 is 4.79 Å². The van der Waals surface area contributed by atoms with Crippen molar-refractivity contribution in [3.05, 3.63) is 40.1 Å². The summed E-state index contributed by atoms with van der Waals surface area (Å²) in [5, 5.41) is 0. The SMILES string of the molecule is Cc1nc(-c2ncccn2)[nH]c(=O)c1CC(=O)N(C)CCC(N)C(C)C.Cl. The van der Waals surface area contributed by atoms with E-state index in [1.54, 1.807) is 37.3 Å². The molecular weight excluding hydrogens is 368 g/mol. The highest BCUT2D eigenvalue weighted by Crippen LogP contribution is 2.10. The monoisotopic (exact) mass is 394 g/mol. The Bertz CT molecular complexity index is 809. The second-order valence-electron chi connectivity index (χ2n) is 6.74. The molecule has 2 rings (SSSR count). The second-order valence-corrected chi connectivity index (χ2v) is 6.74. The van der Waals surface area contributed by atoms with Crippen molar-refractivity contribution >= 4 is 18.3 Å². The molecule has 0 aromatic carbocycles.